The van der Waals surface area contributed by atoms with E-state index in [9.17, 15) is 18.0 Å². The molecule has 0 radical (unpaired) electrons. The fourth-order valence-corrected chi connectivity index (χ4v) is 3.96. The summed E-state index contributed by atoms with van der Waals surface area (Å²) in [4.78, 5) is 12.6. The summed E-state index contributed by atoms with van der Waals surface area (Å²) in [5.74, 6) is -0.613. The first-order valence-electron chi connectivity index (χ1n) is 9.06. The van der Waals surface area contributed by atoms with E-state index >= 15 is 0 Å². The number of benzene rings is 2. The Balaban J connectivity index is 1.64. The lowest BCUT2D eigenvalue weighted by molar-refractivity contribution is -0.173. The van der Waals surface area contributed by atoms with Gasteiger partial charge in [0.15, 0.2) is 11.7 Å². The van der Waals surface area contributed by atoms with Crippen molar-refractivity contribution in [3.8, 4) is 0 Å². The molecule has 31 heavy (non-hydrogen) atoms. The quantitative estimate of drug-likeness (QED) is 0.427. The highest BCUT2D eigenvalue weighted by molar-refractivity contribution is 6.36. The third-order valence-corrected chi connectivity index (χ3v) is 5.67. The molecule has 1 amide bonds. The zero-order valence-electron chi connectivity index (χ0n) is 15.6. The highest BCUT2D eigenvalue weighted by Gasteiger charge is 2.46. The summed E-state index contributed by atoms with van der Waals surface area (Å²) in [6.45, 7) is 0. The molecule has 1 aromatic heterocycles. The Kier molecular flexibility index (Phi) is 5.81. The van der Waals surface area contributed by atoms with Crippen LogP contribution in [0.25, 0.3) is 0 Å². The van der Waals surface area contributed by atoms with Gasteiger partial charge in [-0.3, -0.25) is 4.79 Å². The summed E-state index contributed by atoms with van der Waals surface area (Å²) in [6.07, 6.45) is -4.84. The molecule has 2 atom stereocenters. The molecule has 0 aliphatic carbocycles. The maximum absolute atomic E-state index is 13.8. The molecule has 0 bridgehead atoms. The van der Waals surface area contributed by atoms with E-state index in [1.165, 1.54) is 24.3 Å². The zero-order chi connectivity index (χ0) is 22.3. The van der Waals surface area contributed by atoms with Crippen LogP contribution in [0.2, 0.25) is 15.1 Å². The number of hydrogen-bond acceptors (Lipinski definition) is 3. The van der Waals surface area contributed by atoms with Crippen LogP contribution in [0.3, 0.4) is 0 Å². The molecule has 0 spiro atoms. The summed E-state index contributed by atoms with van der Waals surface area (Å²) in [5, 5.41) is 10.5. The number of alkyl halides is 3. The Morgan fingerprint density at radius 1 is 1.06 bits per heavy atom. The van der Waals surface area contributed by atoms with Crippen LogP contribution in [0, 0.1) is 0 Å². The van der Waals surface area contributed by atoms with Crippen LogP contribution in [0.5, 0.6) is 0 Å². The third kappa shape index (κ3) is 4.61. The number of halogens is 6. The summed E-state index contributed by atoms with van der Waals surface area (Å²) in [5.41, 5.74) is 0.728. The highest BCUT2D eigenvalue weighted by atomic mass is 35.5. The normalized spacial score (nSPS) is 18.3. The smallest absolute Gasteiger partial charge is 0.363 e. The van der Waals surface area contributed by atoms with Gasteiger partial charge in [-0.1, -0.05) is 46.9 Å². The average Bonchev–Trinajstić information content (AvgIpc) is 3.13. The van der Waals surface area contributed by atoms with Crippen LogP contribution >= 0.6 is 34.8 Å². The largest absolute Gasteiger partial charge is 0.410 e. The molecule has 2 heterocycles. The molecule has 0 saturated heterocycles. The first-order chi connectivity index (χ1) is 14.6. The van der Waals surface area contributed by atoms with E-state index in [1.54, 1.807) is 24.3 Å². The van der Waals surface area contributed by atoms with Gasteiger partial charge in [-0.25, -0.2) is 4.68 Å². The van der Waals surface area contributed by atoms with Gasteiger partial charge in [-0.15, -0.1) is 0 Å². The molecule has 0 fully saturated rings. The maximum atomic E-state index is 13.8. The molecule has 5 nitrogen and oxygen atoms in total. The van der Waals surface area contributed by atoms with Gasteiger partial charge < -0.3 is 10.6 Å². The number of rotatable bonds is 3. The lowest BCUT2D eigenvalue weighted by Gasteiger charge is -2.33. The number of nitrogens with zero attached hydrogens (tertiary/aromatic N) is 2. The standard InChI is InChI=1S/C20H14Cl3F3N4O/c21-11-3-1-10(2-4-11)15-8-17(20(24,25)26)30-18(27-15)9-16(29-30)19(31)28-14-6-5-12(22)7-13(14)23/h1-7,9,15,17,27H,8H2,(H,28,31)/t15-,17-/m1/s1. The number of carbonyl (C=O) groups is 1. The van der Waals surface area contributed by atoms with Gasteiger partial charge in [0.05, 0.1) is 16.8 Å². The van der Waals surface area contributed by atoms with Crippen LogP contribution in [0.15, 0.2) is 48.5 Å². The van der Waals surface area contributed by atoms with Crippen molar-refractivity contribution in [1.29, 1.82) is 0 Å². The Hall–Kier alpha value is -2.42. The molecule has 3 aromatic rings. The van der Waals surface area contributed by atoms with Crippen molar-refractivity contribution in [1.82, 2.24) is 9.78 Å². The minimum absolute atomic E-state index is 0.0841. The maximum Gasteiger partial charge on any atom is 0.410 e. The second kappa shape index (κ2) is 8.26. The number of aromatic nitrogens is 2. The van der Waals surface area contributed by atoms with Crippen molar-refractivity contribution < 1.29 is 18.0 Å². The third-order valence-electron chi connectivity index (χ3n) is 4.87. The van der Waals surface area contributed by atoms with Crippen LogP contribution in [0.4, 0.5) is 24.7 Å². The summed E-state index contributed by atoms with van der Waals surface area (Å²) >= 11 is 17.8. The molecule has 1 aliphatic heterocycles. The zero-order valence-corrected chi connectivity index (χ0v) is 17.8. The van der Waals surface area contributed by atoms with Crippen LogP contribution < -0.4 is 10.6 Å². The minimum atomic E-state index is -4.55. The van der Waals surface area contributed by atoms with Crippen molar-refractivity contribution in [2.24, 2.45) is 0 Å². The number of carbonyl (C=O) groups excluding carboxylic acids is 1. The predicted molar refractivity (Wildman–Crippen MR) is 114 cm³/mol. The van der Waals surface area contributed by atoms with Gasteiger partial charge in [0, 0.05) is 22.5 Å². The first-order valence-corrected chi connectivity index (χ1v) is 10.2. The Labute approximate surface area is 190 Å². The Bertz CT molecular complexity index is 1130. The monoisotopic (exact) mass is 488 g/mol. The number of fused-ring (bicyclic) bond motifs is 1. The Morgan fingerprint density at radius 2 is 1.74 bits per heavy atom. The summed E-state index contributed by atoms with van der Waals surface area (Å²) < 4.78 is 42.1. The molecule has 4 rings (SSSR count). The van der Waals surface area contributed by atoms with Crippen LogP contribution in [-0.4, -0.2) is 21.9 Å². The predicted octanol–water partition coefficient (Wildman–Crippen LogP) is 6.76. The van der Waals surface area contributed by atoms with E-state index in [4.69, 9.17) is 34.8 Å². The van der Waals surface area contributed by atoms with E-state index in [2.05, 4.69) is 15.7 Å². The summed E-state index contributed by atoms with van der Waals surface area (Å²) in [6, 6.07) is 9.76. The molecule has 162 valence electrons. The Morgan fingerprint density at radius 3 is 2.39 bits per heavy atom. The number of amides is 1. The molecular weight excluding hydrogens is 476 g/mol. The van der Waals surface area contributed by atoms with E-state index in [0.29, 0.717) is 15.6 Å². The van der Waals surface area contributed by atoms with E-state index in [-0.39, 0.29) is 28.6 Å². The van der Waals surface area contributed by atoms with Crippen molar-refractivity contribution in [3.63, 3.8) is 0 Å². The van der Waals surface area contributed by atoms with Crippen molar-refractivity contribution in [2.45, 2.75) is 24.7 Å². The van der Waals surface area contributed by atoms with Crippen molar-refractivity contribution >= 4 is 52.2 Å². The van der Waals surface area contributed by atoms with Crippen molar-refractivity contribution in [2.75, 3.05) is 10.6 Å². The topological polar surface area (TPSA) is 59.0 Å². The van der Waals surface area contributed by atoms with Gasteiger partial charge in [-0.2, -0.15) is 18.3 Å². The average molecular weight is 490 g/mol. The number of hydrogen-bond donors (Lipinski definition) is 2. The first kappa shape index (κ1) is 21.8. The van der Waals surface area contributed by atoms with E-state index < -0.39 is 24.2 Å². The second-order valence-electron chi connectivity index (χ2n) is 6.98. The SMILES string of the molecule is O=C(Nc1ccc(Cl)cc1Cl)c1cc2n(n1)[C@@H](C(F)(F)F)C[C@H](c1ccc(Cl)cc1)N2. The van der Waals surface area contributed by atoms with Gasteiger partial charge in [0.1, 0.15) is 5.82 Å². The molecule has 0 saturated carbocycles. The lowest BCUT2D eigenvalue weighted by atomic mass is 9.97. The highest BCUT2D eigenvalue weighted by Crippen LogP contribution is 2.43. The molecule has 2 aromatic carbocycles. The molecule has 11 heteroatoms. The molecule has 0 unspecified atom stereocenters. The second-order valence-corrected chi connectivity index (χ2v) is 8.26. The minimum Gasteiger partial charge on any atom is -0.363 e. The van der Waals surface area contributed by atoms with Crippen LogP contribution in [-0.2, 0) is 0 Å². The lowest BCUT2D eigenvalue weighted by Crippen LogP contribution is -2.35. The number of anilines is 2. The van der Waals surface area contributed by atoms with Crippen LogP contribution in [0.1, 0.15) is 34.6 Å². The fourth-order valence-electron chi connectivity index (χ4n) is 3.38. The van der Waals surface area contributed by atoms with Gasteiger partial charge >= 0.3 is 6.18 Å². The molecular formula is C20H14Cl3F3N4O. The van der Waals surface area contributed by atoms with Crippen molar-refractivity contribution in [3.05, 3.63) is 74.9 Å². The molecule has 2 N–H and O–H groups in total. The summed E-state index contributed by atoms with van der Waals surface area (Å²) in [7, 11) is 0. The van der Waals surface area contributed by atoms with Gasteiger partial charge in [0.25, 0.3) is 5.91 Å². The molecule has 1 aliphatic rings. The van der Waals surface area contributed by atoms with Gasteiger partial charge in [0.2, 0.25) is 0 Å². The number of nitrogens with one attached hydrogen (secondary N) is 2. The van der Waals surface area contributed by atoms with Gasteiger partial charge in [-0.05, 0) is 35.9 Å². The van der Waals surface area contributed by atoms with E-state index in [1.807, 2.05) is 0 Å². The fraction of sp³-hybridized carbons (Fsp3) is 0.200. The van der Waals surface area contributed by atoms with E-state index in [0.717, 1.165) is 4.68 Å².